The van der Waals surface area contributed by atoms with Crippen molar-refractivity contribution in [3.8, 4) is 11.5 Å². The van der Waals surface area contributed by atoms with E-state index in [1.807, 2.05) is 20.2 Å². The van der Waals surface area contributed by atoms with Crippen molar-refractivity contribution in [1.82, 2.24) is 9.80 Å². The zero-order valence-corrected chi connectivity index (χ0v) is 15.8. The van der Waals surface area contributed by atoms with Crippen molar-refractivity contribution in [2.24, 2.45) is 5.92 Å². The highest BCUT2D eigenvalue weighted by Gasteiger charge is 2.64. The molecule has 5 heteroatoms. The number of aliphatic hydroxyl groups excluding tert-OH is 1. The van der Waals surface area contributed by atoms with E-state index < -0.39 is 6.10 Å². The Kier molecular flexibility index (Phi) is 3.65. The molecule has 140 valence electrons. The molecule has 5 nitrogen and oxygen atoms in total. The molecule has 1 spiro atoms. The van der Waals surface area contributed by atoms with Gasteiger partial charge in [0.1, 0.15) is 18.8 Å². The van der Waals surface area contributed by atoms with Crippen LogP contribution in [0.15, 0.2) is 24.3 Å². The highest BCUT2D eigenvalue weighted by molar-refractivity contribution is 5.62. The summed E-state index contributed by atoms with van der Waals surface area (Å²) in [7, 11) is 6.32. The average molecular weight is 356 g/mol. The maximum absolute atomic E-state index is 10.7. The van der Waals surface area contributed by atoms with Gasteiger partial charge >= 0.3 is 0 Å². The first-order valence-corrected chi connectivity index (χ1v) is 9.69. The highest BCUT2D eigenvalue weighted by Crippen LogP contribution is 2.62. The predicted octanol–water partition coefficient (Wildman–Crippen LogP) is 1.43. The molecule has 1 aromatic carbocycles. The lowest BCUT2D eigenvalue weighted by molar-refractivity contribution is -0.0454. The lowest BCUT2D eigenvalue weighted by Crippen LogP contribution is -2.64. The fourth-order valence-corrected chi connectivity index (χ4v) is 5.68. The molecule has 5 rings (SSSR count). The Morgan fingerprint density at radius 2 is 2.19 bits per heavy atom. The standard InChI is InChI=1S/C21H28N2O3/c1-22(2)10-11-25-17-7-4-13-12-15-14-5-6-16(24)20-21(14,8-9-23(15)3)18(13)19(17)26-20/h4-7,14-16,20,24H,8-12H2,1-3H3/t14-,15+,16-,20-,21-/m0/s1. The average Bonchev–Trinajstić information content (AvgIpc) is 2.96. The van der Waals surface area contributed by atoms with Gasteiger partial charge in [-0.15, -0.1) is 0 Å². The van der Waals surface area contributed by atoms with Crippen LogP contribution in [0.4, 0.5) is 0 Å². The Hall–Kier alpha value is -1.56. The van der Waals surface area contributed by atoms with Gasteiger partial charge < -0.3 is 24.4 Å². The van der Waals surface area contributed by atoms with Gasteiger partial charge in [0, 0.05) is 29.5 Å². The molecule has 0 saturated carbocycles. The first-order chi connectivity index (χ1) is 12.5. The van der Waals surface area contributed by atoms with E-state index in [2.05, 4.69) is 35.1 Å². The number of likely N-dealkylation sites (N-methyl/N-ethyl adjacent to an activating group) is 2. The highest BCUT2D eigenvalue weighted by atomic mass is 16.5. The van der Waals surface area contributed by atoms with Crippen LogP contribution in [0.2, 0.25) is 0 Å². The zero-order valence-electron chi connectivity index (χ0n) is 15.8. The molecule has 1 N–H and O–H groups in total. The summed E-state index contributed by atoms with van der Waals surface area (Å²) in [6.45, 7) is 2.55. The molecule has 0 aromatic heterocycles. The van der Waals surface area contributed by atoms with Crippen LogP contribution in [0.25, 0.3) is 0 Å². The van der Waals surface area contributed by atoms with Crippen LogP contribution in [0.3, 0.4) is 0 Å². The molecule has 5 atom stereocenters. The van der Waals surface area contributed by atoms with E-state index in [1.54, 1.807) is 0 Å². The predicted molar refractivity (Wildman–Crippen MR) is 100.0 cm³/mol. The van der Waals surface area contributed by atoms with Crippen molar-refractivity contribution < 1.29 is 14.6 Å². The molecule has 26 heavy (non-hydrogen) atoms. The largest absolute Gasteiger partial charge is 0.488 e. The summed E-state index contributed by atoms with van der Waals surface area (Å²) in [4.78, 5) is 4.60. The van der Waals surface area contributed by atoms with Crippen molar-refractivity contribution in [2.45, 2.75) is 36.5 Å². The summed E-state index contributed by atoms with van der Waals surface area (Å²) in [5.41, 5.74) is 2.59. The van der Waals surface area contributed by atoms with E-state index >= 15 is 0 Å². The third kappa shape index (κ3) is 2.08. The summed E-state index contributed by atoms with van der Waals surface area (Å²) in [6, 6.07) is 4.77. The summed E-state index contributed by atoms with van der Waals surface area (Å²) in [6.07, 6.45) is 5.52. The van der Waals surface area contributed by atoms with Crippen LogP contribution in [0.5, 0.6) is 11.5 Å². The SMILES string of the molecule is CN(C)CCOc1ccc2c3c1O[C@H]1[C@@H](O)C=C[C@H]4[C@@H](C2)N(C)CC[C@@]341. The third-order valence-electron chi connectivity index (χ3n) is 6.93. The van der Waals surface area contributed by atoms with Crippen LogP contribution < -0.4 is 9.47 Å². The smallest absolute Gasteiger partial charge is 0.165 e. The molecule has 4 aliphatic rings. The number of rotatable bonds is 4. The van der Waals surface area contributed by atoms with Crippen LogP contribution >= 0.6 is 0 Å². The van der Waals surface area contributed by atoms with Crippen molar-refractivity contribution >= 4 is 0 Å². The maximum atomic E-state index is 10.7. The molecule has 1 aromatic rings. The molecule has 0 radical (unpaired) electrons. The number of hydrogen-bond acceptors (Lipinski definition) is 5. The number of benzene rings is 1. The lowest BCUT2D eigenvalue weighted by Gasteiger charge is -2.56. The number of likely N-dealkylation sites (tertiary alicyclic amines) is 1. The summed E-state index contributed by atoms with van der Waals surface area (Å²) < 4.78 is 12.5. The van der Waals surface area contributed by atoms with Gasteiger partial charge in [0.15, 0.2) is 11.5 Å². The first-order valence-electron chi connectivity index (χ1n) is 9.69. The second-order valence-corrected chi connectivity index (χ2v) is 8.56. The second-order valence-electron chi connectivity index (χ2n) is 8.56. The van der Waals surface area contributed by atoms with Crippen LogP contribution in [0, 0.1) is 5.92 Å². The quantitative estimate of drug-likeness (QED) is 0.827. The van der Waals surface area contributed by atoms with E-state index in [4.69, 9.17) is 9.47 Å². The van der Waals surface area contributed by atoms with E-state index in [9.17, 15) is 5.11 Å². The van der Waals surface area contributed by atoms with Gasteiger partial charge in [-0.25, -0.2) is 0 Å². The van der Waals surface area contributed by atoms with Crippen LogP contribution in [0.1, 0.15) is 17.5 Å². The molecule has 0 amide bonds. The zero-order chi connectivity index (χ0) is 18.1. The van der Waals surface area contributed by atoms with Gasteiger partial charge in [-0.05, 0) is 52.2 Å². The monoisotopic (exact) mass is 356 g/mol. The van der Waals surface area contributed by atoms with Gasteiger partial charge in [0.25, 0.3) is 0 Å². The number of hydrogen-bond donors (Lipinski definition) is 1. The molecule has 1 saturated heterocycles. The maximum Gasteiger partial charge on any atom is 0.165 e. The second kappa shape index (κ2) is 5.72. The summed E-state index contributed by atoms with van der Waals surface area (Å²) in [5, 5.41) is 10.7. The fraction of sp³-hybridized carbons (Fsp3) is 0.619. The minimum absolute atomic E-state index is 0.102. The van der Waals surface area contributed by atoms with E-state index in [1.165, 1.54) is 11.1 Å². The molecule has 2 bridgehead atoms. The topological polar surface area (TPSA) is 45.2 Å². The van der Waals surface area contributed by atoms with E-state index in [0.29, 0.717) is 18.6 Å². The van der Waals surface area contributed by atoms with Crippen LogP contribution in [-0.2, 0) is 11.8 Å². The van der Waals surface area contributed by atoms with Gasteiger partial charge in [0.2, 0.25) is 0 Å². The van der Waals surface area contributed by atoms with Crippen molar-refractivity contribution in [2.75, 3.05) is 40.8 Å². The van der Waals surface area contributed by atoms with Gasteiger partial charge in [0.05, 0.1) is 0 Å². The van der Waals surface area contributed by atoms with Crippen molar-refractivity contribution in [3.63, 3.8) is 0 Å². The molecule has 2 aliphatic carbocycles. The number of ether oxygens (including phenoxy) is 2. The Bertz CT molecular complexity index is 762. The number of piperidine rings is 1. The minimum atomic E-state index is -0.553. The Morgan fingerprint density at radius 1 is 1.35 bits per heavy atom. The van der Waals surface area contributed by atoms with E-state index in [0.717, 1.165) is 37.4 Å². The van der Waals surface area contributed by atoms with Gasteiger partial charge in [-0.1, -0.05) is 18.2 Å². The number of nitrogens with zero attached hydrogens (tertiary/aromatic N) is 2. The molecular weight excluding hydrogens is 328 g/mol. The molecule has 2 aliphatic heterocycles. The lowest BCUT2D eigenvalue weighted by atomic mass is 9.53. The molecule has 0 unspecified atom stereocenters. The first kappa shape index (κ1) is 16.6. The van der Waals surface area contributed by atoms with Crippen molar-refractivity contribution in [1.29, 1.82) is 0 Å². The van der Waals surface area contributed by atoms with E-state index in [-0.39, 0.29) is 11.5 Å². The molecule has 1 fully saturated rings. The molecule has 2 heterocycles. The van der Waals surface area contributed by atoms with Crippen LogP contribution in [-0.4, -0.2) is 74.0 Å². The minimum Gasteiger partial charge on any atom is -0.488 e. The van der Waals surface area contributed by atoms with Crippen molar-refractivity contribution in [3.05, 3.63) is 35.4 Å². The number of aliphatic hydroxyl groups is 1. The fourth-order valence-electron chi connectivity index (χ4n) is 5.68. The van der Waals surface area contributed by atoms with Gasteiger partial charge in [-0.3, -0.25) is 0 Å². The van der Waals surface area contributed by atoms with Gasteiger partial charge in [-0.2, -0.15) is 0 Å². The Morgan fingerprint density at radius 3 is 3.00 bits per heavy atom. The Balaban J connectivity index is 1.61. The molecular formula is C21H28N2O3. The normalized spacial score (nSPS) is 36.8. The third-order valence-corrected chi connectivity index (χ3v) is 6.93. The Labute approximate surface area is 155 Å². The summed E-state index contributed by atoms with van der Waals surface area (Å²) >= 11 is 0. The summed E-state index contributed by atoms with van der Waals surface area (Å²) in [5.74, 6) is 2.13.